The second-order valence-electron chi connectivity index (χ2n) is 9.95. The van der Waals surface area contributed by atoms with Crippen molar-refractivity contribution < 1.29 is 22.4 Å². The van der Waals surface area contributed by atoms with E-state index in [4.69, 9.17) is 23.2 Å². The summed E-state index contributed by atoms with van der Waals surface area (Å²) in [4.78, 5) is 21.4. The van der Waals surface area contributed by atoms with Crippen LogP contribution in [0.25, 0.3) is 0 Å². The van der Waals surface area contributed by atoms with E-state index in [9.17, 15) is 22.4 Å². The molecule has 2 aliphatic rings. The van der Waals surface area contributed by atoms with Gasteiger partial charge in [0, 0.05) is 57.8 Å². The number of piperazine rings is 1. The average Bonchev–Trinajstić information content (AvgIpc) is 3.27. The molecule has 2 heterocycles. The monoisotopic (exact) mass is 560 g/mol. The van der Waals surface area contributed by atoms with Crippen molar-refractivity contribution in [2.75, 3.05) is 59.9 Å². The van der Waals surface area contributed by atoms with Crippen molar-refractivity contribution in [3.63, 3.8) is 0 Å². The van der Waals surface area contributed by atoms with Gasteiger partial charge in [0.2, 0.25) is 5.91 Å². The van der Waals surface area contributed by atoms with Gasteiger partial charge in [-0.05, 0) is 49.5 Å². The summed E-state index contributed by atoms with van der Waals surface area (Å²) < 4.78 is 53.1. The molecular weight excluding hydrogens is 531 g/mol. The van der Waals surface area contributed by atoms with E-state index in [-0.39, 0.29) is 24.4 Å². The first kappa shape index (κ1) is 28.1. The Bertz CT molecular complexity index is 1120. The number of likely N-dealkylation sites (N-methyl/N-ethyl adjacent to an activating group) is 2. The Morgan fingerprint density at radius 2 is 1.73 bits per heavy atom. The van der Waals surface area contributed by atoms with Crippen LogP contribution in [0.2, 0.25) is 10.0 Å². The van der Waals surface area contributed by atoms with Crippen LogP contribution in [0.15, 0.2) is 36.4 Å². The molecule has 2 fully saturated rings. The number of alkyl halides is 3. The Labute approximate surface area is 224 Å². The summed E-state index contributed by atoms with van der Waals surface area (Å²) in [5.41, 5.74) is 0.0528. The number of hydrogen-bond acceptors (Lipinski definition) is 4. The molecule has 2 aromatic rings. The molecule has 202 valence electrons. The normalized spacial score (nSPS) is 21.7. The number of carbonyl (C=O) groups excluding carboxylic acids is 1. The minimum Gasteiger partial charge on any atom is -0.339 e. The number of rotatable bonds is 6. The van der Waals surface area contributed by atoms with Gasteiger partial charge in [0.1, 0.15) is 5.82 Å². The highest BCUT2D eigenvalue weighted by atomic mass is 35.5. The zero-order chi connectivity index (χ0) is 26.9. The van der Waals surface area contributed by atoms with Crippen LogP contribution in [0.1, 0.15) is 22.6 Å². The van der Waals surface area contributed by atoms with E-state index in [0.717, 1.165) is 43.9 Å². The highest BCUT2D eigenvalue weighted by molar-refractivity contribution is 6.42. The van der Waals surface area contributed by atoms with Gasteiger partial charge >= 0.3 is 6.18 Å². The van der Waals surface area contributed by atoms with E-state index in [0.29, 0.717) is 35.2 Å². The quantitative estimate of drug-likeness (QED) is 0.474. The van der Waals surface area contributed by atoms with Crippen molar-refractivity contribution in [1.29, 1.82) is 0 Å². The molecule has 2 aliphatic heterocycles. The van der Waals surface area contributed by atoms with Gasteiger partial charge in [0.25, 0.3) is 0 Å². The predicted octanol–water partition coefficient (Wildman–Crippen LogP) is 4.83. The van der Waals surface area contributed by atoms with Crippen LogP contribution in [0.5, 0.6) is 0 Å². The highest BCUT2D eigenvalue weighted by Gasteiger charge is 2.39. The molecule has 37 heavy (non-hydrogen) atoms. The van der Waals surface area contributed by atoms with Gasteiger partial charge in [0.15, 0.2) is 0 Å². The molecule has 4 rings (SSSR count). The zero-order valence-electron chi connectivity index (χ0n) is 20.7. The van der Waals surface area contributed by atoms with E-state index >= 15 is 0 Å². The van der Waals surface area contributed by atoms with E-state index < -0.39 is 17.6 Å². The lowest BCUT2D eigenvalue weighted by Gasteiger charge is -2.33. The molecule has 2 aromatic carbocycles. The molecule has 5 nitrogen and oxygen atoms in total. The SMILES string of the molecule is CN1CCN(CC(=O)N2C[C@H](c3ccc(Cl)c(Cl)c3)[C@@H](N(C)Cc3ccc(C(F)(F)F)c(F)c3)C2)CC1. The standard InChI is InChI=1S/C26H30Cl2F4N4O/c1-33-7-9-35(10-8-33)16-25(37)36-14-19(18-4-6-21(27)22(28)12-18)24(15-36)34(2)13-17-3-5-20(23(29)11-17)26(30,31)32/h3-6,11-12,19,24H,7-10,13-16H2,1-2H3/t19-,24+/m1/s1. The summed E-state index contributed by atoms with van der Waals surface area (Å²) in [6.07, 6.45) is -4.75. The largest absolute Gasteiger partial charge is 0.419 e. The van der Waals surface area contributed by atoms with Gasteiger partial charge in [-0.25, -0.2) is 4.39 Å². The third-order valence-corrected chi connectivity index (χ3v) is 8.04. The molecule has 0 N–H and O–H groups in total. The minimum absolute atomic E-state index is 0.0334. The third kappa shape index (κ3) is 6.75. The van der Waals surface area contributed by atoms with E-state index in [1.54, 1.807) is 12.1 Å². The van der Waals surface area contributed by atoms with Crippen LogP contribution in [0, 0.1) is 5.82 Å². The van der Waals surface area contributed by atoms with Crippen molar-refractivity contribution in [3.05, 3.63) is 69.0 Å². The number of carbonyl (C=O) groups is 1. The third-order valence-electron chi connectivity index (χ3n) is 7.31. The van der Waals surface area contributed by atoms with Crippen LogP contribution in [0.3, 0.4) is 0 Å². The van der Waals surface area contributed by atoms with Crippen LogP contribution >= 0.6 is 23.2 Å². The molecule has 0 aromatic heterocycles. The van der Waals surface area contributed by atoms with E-state index in [1.807, 2.05) is 22.9 Å². The van der Waals surface area contributed by atoms with Crippen molar-refractivity contribution in [1.82, 2.24) is 19.6 Å². The van der Waals surface area contributed by atoms with Crippen LogP contribution < -0.4 is 0 Å². The maximum Gasteiger partial charge on any atom is 0.419 e. The second kappa shape index (κ2) is 11.5. The molecule has 2 atom stereocenters. The summed E-state index contributed by atoms with van der Waals surface area (Å²) in [6, 6.07) is 8.24. The molecule has 0 spiro atoms. The van der Waals surface area contributed by atoms with Gasteiger partial charge < -0.3 is 9.80 Å². The van der Waals surface area contributed by atoms with Gasteiger partial charge in [-0.2, -0.15) is 13.2 Å². The number of hydrogen-bond donors (Lipinski definition) is 0. The number of likely N-dealkylation sites (tertiary alicyclic amines) is 1. The number of benzene rings is 2. The van der Waals surface area contributed by atoms with Crippen molar-refractivity contribution >= 4 is 29.1 Å². The maximum absolute atomic E-state index is 14.2. The molecule has 2 saturated heterocycles. The van der Waals surface area contributed by atoms with E-state index in [2.05, 4.69) is 16.8 Å². The van der Waals surface area contributed by atoms with Gasteiger partial charge in [-0.3, -0.25) is 14.6 Å². The first-order chi connectivity index (χ1) is 17.4. The fraction of sp³-hybridized carbons (Fsp3) is 0.500. The molecule has 0 radical (unpaired) electrons. The minimum atomic E-state index is -4.75. The lowest BCUT2D eigenvalue weighted by atomic mass is 9.93. The molecule has 0 unspecified atom stereocenters. The van der Waals surface area contributed by atoms with Crippen LogP contribution in [-0.2, 0) is 17.5 Å². The lowest BCUT2D eigenvalue weighted by molar-refractivity contribution is -0.140. The Morgan fingerprint density at radius 3 is 2.35 bits per heavy atom. The maximum atomic E-state index is 14.2. The van der Waals surface area contributed by atoms with E-state index in [1.165, 1.54) is 6.07 Å². The topological polar surface area (TPSA) is 30.0 Å². The van der Waals surface area contributed by atoms with Crippen molar-refractivity contribution in [2.24, 2.45) is 0 Å². The van der Waals surface area contributed by atoms with Gasteiger partial charge in [0.05, 0.1) is 22.2 Å². The molecule has 0 aliphatic carbocycles. The first-order valence-electron chi connectivity index (χ1n) is 12.1. The molecular formula is C26H30Cl2F4N4O. The summed E-state index contributed by atoms with van der Waals surface area (Å²) in [5.74, 6) is -1.36. The molecule has 1 amide bonds. The molecule has 0 bridgehead atoms. The fourth-order valence-corrected chi connectivity index (χ4v) is 5.40. The first-order valence-corrected chi connectivity index (χ1v) is 12.9. The van der Waals surface area contributed by atoms with Crippen molar-refractivity contribution in [3.8, 4) is 0 Å². The summed E-state index contributed by atoms with van der Waals surface area (Å²) in [7, 11) is 3.89. The predicted molar refractivity (Wildman–Crippen MR) is 136 cm³/mol. The van der Waals surface area contributed by atoms with Crippen molar-refractivity contribution in [2.45, 2.75) is 24.7 Å². The lowest BCUT2D eigenvalue weighted by Crippen LogP contribution is -2.48. The second-order valence-corrected chi connectivity index (χ2v) is 10.8. The van der Waals surface area contributed by atoms with Gasteiger partial charge in [-0.1, -0.05) is 35.3 Å². The Balaban J connectivity index is 1.52. The fourth-order valence-electron chi connectivity index (χ4n) is 5.10. The smallest absolute Gasteiger partial charge is 0.339 e. The summed E-state index contributed by atoms with van der Waals surface area (Å²) in [6.45, 7) is 4.95. The summed E-state index contributed by atoms with van der Waals surface area (Å²) >= 11 is 12.4. The van der Waals surface area contributed by atoms with Gasteiger partial charge in [-0.15, -0.1) is 0 Å². The Hall–Kier alpha value is -1.91. The Morgan fingerprint density at radius 1 is 1.03 bits per heavy atom. The number of halogens is 6. The number of amides is 1. The number of nitrogens with zero attached hydrogens (tertiary/aromatic N) is 4. The molecule has 0 saturated carbocycles. The van der Waals surface area contributed by atoms with Crippen LogP contribution in [0.4, 0.5) is 17.6 Å². The average molecular weight is 561 g/mol. The highest BCUT2D eigenvalue weighted by Crippen LogP contribution is 2.36. The zero-order valence-corrected chi connectivity index (χ0v) is 22.3. The molecule has 11 heteroatoms. The Kier molecular flexibility index (Phi) is 8.70. The van der Waals surface area contributed by atoms with Crippen LogP contribution in [-0.4, -0.2) is 91.5 Å². The summed E-state index contributed by atoms with van der Waals surface area (Å²) in [5, 5.41) is 0.837.